The van der Waals surface area contributed by atoms with Gasteiger partial charge in [0, 0.05) is 24.2 Å². The Bertz CT molecular complexity index is 689. The van der Waals surface area contributed by atoms with Crippen LogP contribution in [0, 0.1) is 0 Å². The Kier molecular flexibility index (Phi) is 7.78. The molecule has 1 aliphatic rings. The van der Waals surface area contributed by atoms with Crippen molar-refractivity contribution in [2.75, 3.05) is 11.9 Å². The van der Waals surface area contributed by atoms with Crippen molar-refractivity contribution in [2.45, 2.75) is 51.2 Å². The lowest BCUT2D eigenvalue weighted by Gasteiger charge is -2.15. The Morgan fingerprint density at radius 3 is 2.46 bits per heavy atom. The van der Waals surface area contributed by atoms with Gasteiger partial charge in [0.2, 0.25) is 11.8 Å². The van der Waals surface area contributed by atoms with E-state index in [0.717, 1.165) is 25.7 Å². The van der Waals surface area contributed by atoms with Crippen LogP contribution in [0.15, 0.2) is 24.3 Å². The maximum Gasteiger partial charge on any atom is 0.241 e. The number of benzene rings is 1. The highest BCUT2D eigenvalue weighted by molar-refractivity contribution is 8.24. The van der Waals surface area contributed by atoms with E-state index >= 15 is 0 Å². The molecule has 2 amide bonds. The molecule has 1 aliphatic heterocycles. The standard InChI is InChI=1S/C19H24N2O3S2/c1-3-16-18(24)21(19(25)26-16)12-6-4-5-7-17(23)20-15-10-8-14(9-11-15)13(2)22/h8-11,16H,3-7,12H2,1-2H3,(H,20,23). The second kappa shape index (κ2) is 9.83. The van der Waals surface area contributed by atoms with Gasteiger partial charge in [0.25, 0.3) is 0 Å². The number of anilines is 1. The number of amides is 2. The van der Waals surface area contributed by atoms with Crippen LogP contribution in [0.4, 0.5) is 5.69 Å². The molecule has 1 aromatic carbocycles. The van der Waals surface area contributed by atoms with Crippen LogP contribution in [-0.2, 0) is 9.59 Å². The molecule has 0 bridgehead atoms. The molecule has 5 nitrogen and oxygen atoms in total. The van der Waals surface area contributed by atoms with Crippen molar-refractivity contribution in [1.29, 1.82) is 0 Å². The molecule has 1 unspecified atom stereocenters. The Morgan fingerprint density at radius 1 is 1.19 bits per heavy atom. The first-order valence-electron chi connectivity index (χ1n) is 8.85. The molecular formula is C19H24N2O3S2. The van der Waals surface area contributed by atoms with Crippen molar-refractivity contribution >= 4 is 51.6 Å². The minimum atomic E-state index is -0.0463. The molecule has 7 heteroatoms. The van der Waals surface area contributed by atoms with Crippen molar-refractivity contribution in [3.05, 3.63) is 29.8 Å². The monoisotopic (exact) mass is 392 g/mol. The Labute approximate surface area is 163 Å². The van der Waals surface area contributed by atoms with Gasteiger partial charge in [-0.25, -0.2) is 0 Å². The Hall–Kier alpha value is -1.73. The highest BCUT2D eigenvalue weighted by atomic mass is 32.2. The van der Waals surface area contributed by atoms with E-state index in [9.17, 15) is 14.4 Å². The van der Waals surface area contributed by atoms with Gasteiger partial charge in [0.1, 0.15) is 4.32 Å². The maximum atomic E-state index is 12.1. The lowest BCUT2D eigenvalue weighted by Crippen LogP contribution is -2.32. The zero-order valence-corrected chi connectivity index (χ0v) is 16.8. The zero-order chi connectivity index (χ0) is 19.1. The van der Waals surface area contributed by atoms with E-state index in [1.54, 1.807) is 29.2 Å². The summed E-state index contributed by atoms with van der Waals surface area (Å²) in [6.45, 7) is 4.14. The summed E-state index contributed by atoms with van der Waals surface area (Å²) >= 11 is 6.74. The smallest absolute Gasteiger partial charge is 0.241 e. The molecule has 0 aliphatic carbocycles. The number of ketones is 1. The van der Waals surface area contributed by atoms with E-state index in [0.29, 0.717) is 28.5 Å². The van der Waals surface area contributed by atoms with Crippen molar-refractivity contribution in [3.63, 3.8) is 0 Å². The van der Waals surface area contributed by atoms with E-state index < -0.39 is 0 Å². The van der Waals surface area contributed by atoms with Crippen molar-refractivity contribution in [3.8, 4) is 0 Å². The summed E-state index contributed by atoms with van der Waals surface area (Å²) in [5.41, 5.74) is 1.32. The van der Waals surface area contributed by atoms with Crippen LogP contribution in [-0.4, -0.2) is 38.6 Å². The highest BCUT2D eigenvalue weighted by Gasteiger charge is 2.34. The molecular weight excluding hydrogens is 368 g/mol. The summed E-state index contributed by atoms with van der Waals surface area (Å²) in [4.78, 5) is 37.0. The second-order valence-corrected chi connectivity index (χ2v) is 8.10. The SMILES string of the molecule is CCC1SC(=S)N(CCCCCC(=O)Nc2ccc(C(C)=O)cc2)C1=O. The average molecular weight is 393 g/mol. The summed E-state index contributed by atoms with van der Waals surface area (Å²) in [6, 6.07) is 6.87. The highest BCUT2D eigenvalue weighted by Crippen LogP contribution is 2.29. The number of Topliss-reactive ketones (excluding diaryl/α,β-unsaturated/α-hetero) is 1. The number of carbonyl (C=O) groups is 3. The molecule has 1 heterocycles. The molecule has 1 fully saturated rings. The van der Waals surface area contributed by atoms with Crippen LogP contribution in [0.1, 0.15) is 56.3 Å². The number of thiocarbonyl (C=S) groups is 1. The Balaban J connectivity index is 1.65. The fraction of sp³-hybridized carbons (Fsp3) is 0.474. The summed E-state index contributed by atoms with van der Waals surface area (Å²) in [5, 5.41) is 2.80. The number of hydrogen-bond donors (Lipinski definition) is 1. The summed E-state index contributed by atoms with van der Waals surface area (Å²) in [7, 11) is 0. The number of carbonyl (C=O) groups excluding carboxylic acids is 3. The predicted molar refractivity (Wildman–Crippen MR) is 110 cm³/mol. The van der Waals surface area contributed by atoms with Gasteiger partial charge >= 0.3 is 0 Å². The fourth-order valence-corrected chi connectivity index (χ4v) is 4.18. The van der Waals surface area contributed by atoms with Crippen LogP contribution >= 0.6 is 24.0 Å². The van der Waals surface area contributed by atoms with Crippen LogP contribution in [0.3, 0.4) is 0 Å². The van der Waals surface area contributed by atoms with E-state index in [-0.39, 0.29) is 22.8 Å². The lowest BCUT2D eigenvalue weighted by atomic mass is 10.1. The first-order valence-corrected chi connectivity index (χ1v) is 10.1. The zero-order valence-electron chi connectivity index (χ0n) is 15.1. The molecule has 1 atom stereocenters. The molecule has 1 saturated heterocycles. The maximum absolute atomic E-state index is 12.1. The average Bonchev–Trinajstić information content (AvgIpc) is 2.89. The molecule has 2 rings (SSSR count). The van der Waals surface area contributed by atoms with E-state index in [1.165, 1.54) is 18.7 Å². The number of rotatable bonds is 9. The van der Waals surface area contributed by atoms with Gasteiger partial charge in [0.15, 0.2) is 5.78 Å². The largest absolute Gasteiger partial charge is 0.326 e. The Morgan fingerprint density at radius 2 is 1.88 bits per heavy atom. The second-order valence-electron chi connectivity index (χ2n) is 6.26. The third-order valence-electron chi connectivity index (χ3n) is 4.24. The van der Waals surface area contributed by atoms with E-state index in [1.807, 2.05) is 6.92 Å². The quantitative estimate of drug-likeness (QED) is 0.390. The van der Waals surface area contributed by atoms with Gasteiger partial charge in [-0.1, -0.05) is 37.3 Å². The molecule has 0 aromatic heterocycles. The summed E-state index contributed by atoms with van der Waals surface area (Å²) < 4.78 is 0.675. The molecule has 0 saturated carbocycles. The van der Waals surface area contributed by atoms with Gasteiger partial charge in [-0.05, 0) is 50.5 Å². The first-order chi connectivity index (χ1) is 12.4. The van der Waals surface area contributed by atoms with Gasteiger partial charge < -0.3 is 5.32 Å². The minimum absolute atomic E-state index is 0.00231. The third kappa shape index (κ3) is 5.64. The number of thioether (sulfide) groups is 1. The van der Waals surface area contributed by atoms with Crippen LogP contribution in [0.25, 0.3) is 0 Å². The number of nitrogens with one attached hydrogen (secondary N) is 1. The fourth-order valence-electron chi connectivity index (χ4n) is 2.70. The predicted octanol–water partition coefficient (Wildman–Crippen LogP) is 4.03. The molecule has 1 N–H and O–H groups in total. The van der Waals surface area contributed by atoms with Crippen molar-refractivity contribution < 1.29 is 14.4 Å². The summed E-state index contributed by atoms with van der Waals surface area (Å²) in [5.74, 6) is 0.0756. The minimum Gasteiger partial charge on any atom is -0.326 e. The third-order valence-corrected chi connectivity index (χ3v) is 5.99. The van der Waals surface area contributed by atoms with Gasteiger partial charge in [-0.3, -0.25) is 19.3 Å². The van der Waals surface area contributed by atoms with Crippen LogP contribution in [0.5, 0.6) is 0 Å². The summed E-state index contributed by atoms with van der Waals surface area (Å²) in [6.07, 6.45) is 3.69. The van der Waals surface area contributed by atoms with Crippen LogP contribution in [0.2, 0.25) is 0 Å². The van der Waals surface area contributed by atoms with Gasteiger partial charge in [-0.2, -0.15) is 0 Å². The van der Waals surface area contributed by atoms with E-state index in [2.05, 4.69) is 5.32 Å². The lowest BCUT2D eigenvalue weighted by molar-refractivity contribution is -0.126. The van der Waals surface area contributed by atoms with Crippen molar-refractivity contribution in [1.82, 2.24) is 4.90 Å². The topological polar surface area (TPSA) is 66.5 Å². The number of unbranched alkanes of at least 4 members (excludes halogenated alkanes) is 2. The van der Waals surface area contributed by atoms with Gasteiger partial charge in [0.05, 0.1) is 5.25 Å². The van der Waals surface area contributed by atoms with Crippen LogP contribution < -0.4 is 5.32 Å². The van der Waals surface area contributed by atoms with Crippen molar-refractivity contribution in [2.24, 2.45) is 0 Å². The van der Waals surface area contributed by atoms with Gasteiger partial charge in [-0.15, -0.1) is 0 Å². The molecule has 26 heavy (non-hydrogen) atoms. The molecule has 0 radical (unpaired) electrons. The molecule has 140 valence electrons. The molecule has 1 aromatic rings. The van der Waals surface area contributed by atoms with E-state index in [4.69, 9.17) is 12.2 Å². The first kappa shape index (κ1) is 20.6. The number of hydrogen-bond acceptors (Lipinski definition) is 5. The normalized spacial score (nSPS) is 16.8. The molecule has 0 spiro atoms. The number of nitrogens with zero attached hydrogens (tertiary/aromatic N) is 1.